The molecule has 0 aliphatic heterocycles. The van der Waals surface area contributed by atoms with Crippen LogP contribution in [-0.2, 0) is 0 Å². The fourth-order valence-corrected chi connectivity index (χ4v) is 1.91. The van der Waals surface area contributed by atoms with Crippen molar-refractivity contribution in [1.82, 2.24) is 0 Å². The summed E-state index contributed by atoms with van der Waals surface area (Å²) in [4.78, 5) is 1.27. The topological polar surface area (TPSA) is 0 Å². The first-order chi connectivity index (χ1) is 6.95. The molecule has 2 rings (SSSR count). The standard InChI is InChI=1S/C13H11S/c1-3-7-12(8-4-1)11-14-13-9-5-2-6-10-13/h1-11H/q-1. The fourth-order valence-electron chi connectivity index (χ4n) is 1.17. The summed E-state index contributed by atoms with van der Waals surface area (Å²) in [7, 11) is 0. The molecule has 0 aliphatic rings. The molecule has 0 aliphatic carbocycles. The molecule has 0 atom stereocenters. The number of benzene rings is 2. The monoisotopic (exact) mass is 199 g/mol. The second-order valence-corrected chi connectivity index (χ2v) is 3.90. The van der Waals surface area contributed by atoms with E-state index < -0.39 is 0 Å². The largest absolute Gasteiger partial charge is 0.182 e. The minimum atomic E-state index is 1.25. The number of hydrogen-bond donors (Lipinski definition) is 0. The summed E-state index contributed by atoms with van der Waals surface area (Å²) >= 11 is 1.75. The minimum absolute atomic E-state index is 1.25. The fraction of sp³-hybridized carbons (Fsp3) is 0. The molecule has 0 aromatic heterocycles. The quantitative estimate of drug-likeness (QED) is 0.532. The van der Waals surface area contributed by atoms with E-state index in [1.54, 1.807) is 11.8 Å². The van der Waals surface area contributed by atoms with E-state index in [0.29, 0.717) is 0 Å². The Morgan fingerprint density at radius 2 is 1.29 bits per heavy atom. The van der Waals surface area contributed by atoms with Crippen LogP contribution in [0.15, 0.2) is 65.6 Å². The molecular weight excluding hydrogens is 188 g/mol. The Kier molecular flexibility index (Phi) is 3.15. The van der Waals surface area contributed by atoms with Gasteiger partial charge in [0.25, 0.3) is 0 Å². The van der Waals surface area contributed by atoms with E-state index >= 15 is 0 Å². The number of rotatable bonds is 3. The van der Waals surface area contributed by atoms with Gasteiger partial charge in [-0.1, -0.05) is 24.3 Å². The van der Waals surface area contributed by atoms with Crippen molar-refractivity contribution in [3.63, 3.8) is 0 Å². The predicted molar refractivity (Wildman–Crippen MR) is 62.1 cm³/mol. The second-order valence-electron chi connectivity index (χ2n) is 2.96. The van der Waals surface area contributed by atoms with Crippen molar-refractivity contribution in [2.75, 3.05) is 0 Å². The maximum Gasteiger partial charge on any atom is -0.00102 e. The van der Waals surface area contributed by atoms with E-state index in [1.807, 2.05) is 12.1 Å². The highest BCUT2D eigenvalue weighted by atomic mass is 32.2. The Hall–Kier alpha value is -1.34. The van der Waals surface area contributed by atoms with E-state index in [-0.39, 0.29) is 0 Å². The summed E-state index contributed by atoms with van der Waals surface area (Å²) in [5.74, 6) is 2.16. The van der Waals surface area contributed by atoms with Crippen LogP contribution in [0.25, 0.3) is 0 Å². The maximum absolute atomic E-state index is 2.16. The van der Waals surface area contributed by atoms with Gasteiger partial charge in [-0.3, -0.25) is 0 Å². The summed E-state index contributed by atoms with van der Waals surface area (Å²) in [5, 5.41) is 0. The van der Waals surface area contributed by atoms with Gasteiger partial charge in [-0.25, -0.2) is 0 Å². The SMILES string of the molecule is c1ccc([CH-]Sc2ccccc2)cc1. The summed E-state index contributed by atoms with van der Waals surface area (Å²) < 4.78 is 0. The third kappa shape index (κ3) is 2.57. The Morgan fingerprint density at radius 1 is 0.714 bits per heavy atom. The Labute approximate surface area is 89.0 Å². The highest BCUT2D eigenvalue weighted by molar-refractivity contribution is 8.01. The zero-order valence-corrected chi connectivity index (χ0v) is 8.58. The first kappa shape index (κ1) is 9.22. The van der Waals surface area contributed by atoms with Gasteiger partial charge in [0.1, 0.15) is 0 Å². The van der Waals surface area contributed by atoms with Crippen LogP contribution in [0.2, 0.25) is 0 Å². The van der Waals surface area contributed by atoms with E-state index in [9.17, 15) is 0 Å². The molecule has 0 fully saturated rings. The molecule has 0 radical (unpaired) electrons. The van der Waals surface area contributed by atoms with Crippen molar-refractivity contribution in [3.8, 4) is 0 Å². The van der Waals surface area contributed by atoms with Gasteiger partial charge in [-0.2, -0.15) is 29.5 Å². The molecule has 0 unspecified atom stereocenters. The zero-order chi connectivity index (χ0) is 9.64. The number of thioether (sulfide) groups is 1. The molecule has 0 N–H and O–H groups in total. The van der Waals surface area contributed by atoms with Crippen molar-refractivity contribution in [3.05, 3.63) is 72.0 Å². The molecule has 0 amide bonds. The van der Waals surface area contributed by atoms with Crippen LogP contribution in [0.1, 0.15) is 5.56 Å². The van der Waals surface area contributed by atoms with Crippen LogP contribution in [-0.4, -0.2) is 0 Å². The van der Waals surface area contributed by atoms with Gasteiger partial charge in [0, 0.05) is 0 Å². The third-order valence-corrected chi connectivity index (χ3v) is 2.81. The van der Waals surface area contributed by atoms with Crippen molar-refractivity contribution in [2.45, 2.75) is 4.90 Å². The zero-order valence-electron chi connectivity index (χ0n) is 7.76. The average molecular weight is 199 g/mol. The van der Waals surface area contributed by atoms with E-state index in [4.69, 9.17) is 0 Å². The van der Waals surface area contributed by atoms with E-state index in [2.05, 4.69) is 54.3 Å². The molecule has 0 heterocycles. The maximum atomic E-state index is 2.16. The second kappa shape index (κ2) is 4.77. The van der Waals surface area contributed by atoms with Gasteiger partial charge >= 0.3 is 0 Å². The lowest BCUT2D eigenvalue weighted by Gasteiger charge is -2.08. The molecular formula is C13H11S-. The van der Waals surface area contributed by atoms with Crippen LogP contribution in [0.4, 0.5) is 0 Å². The van der Waals surface area contributed by atoms with Gasteiger partial charge in [-0.05, 0) is 17.0 Å². The molecule has 1 heteroatoms. The van der Waals surface area contributed by atoms with Crippen molar-refractivity contribution in [2.24, 2.45) is 0 Å². The number of hydrogen-bond acceptors (Lipinski definition) is 1. The van der Waals surface area contributed by atoms with Gasteiger partial charge in [0.2, 0.25) is 0 Å². The van der Waals surface area contributed by atoms with Crippen molar-refractivity contribution < 1.29 is 0 Å². The minimum Gasteiger partial charge on any atom is -0.182 e. The molecule has 2 aromatic rings. The normalized spacial score (nSPS) is 9.71. The van der Waals surface area contributed by atoms with Crippen LogP contribution < -0.4 is 0 Å². The van der Waals surface area contributed by atoms with Crippen LogP contribution in [0.3, 0.4) is 0 Å². The van der Waals surface area contributed by atoms with E-state index in [0.717, 1.165) is 0 Å². The molecule has 14 heavy (non-hydrogen) atoms. The molecule has 70 valence electrons. The lowest BCUT2D eigenvalue weighted by atomic mass is 10.2. The molecule has 0 nitrogen and oxygen atoms in total. The predicted octanol–water partition coefficient (Wildman–Crippen LogP) is 3.99. The van der Waals surface area contributed by atoms with Crippen molar-refractivity contribution in [1.29, 1.82) is 0 Å². The van der Waals surface area contributed by atoms with Crippen LogP contribution in [0.5, 0.6) is 0 Å². The average Bonchev–Trinajstić information content (AvgIpc) is 2.29. The Morgan fingerprint density at radius 3 is 1.93 bits per heavy atom. The smallest absolute Gasteiger partial charge is 0.00102 e. The molecule has 0 bridgehead atoms. The lowest BCUT2D eigenvalue weighted by Crippen LogP contribution is -1.75. The molecule has 2 aromatic carbocycles. The third-order valence-electron chi connectivity index (χ3n) is 1.87. The van der Waals surface area contributed by atoms with Gasteiger partial charge in [-0.15, -0.1) is 17.9 Å². The van der Waals surface area contributed by atoms with E-state index in [1.165, 1.54) is 10.5 Å². The summed E-state index contributed by atoms with van der Waals surface area (Å²) in [6.45, 7) is 0. The Bertz CT molecular complexity index is 327. The van der Waals surface area contributed by atoms with Crippen molar-refractivity contribution >= 4 is 11.8 Å². The van der Waals surface area contributed by atoms with Gasteiger partial charge in [0.05, 0.1) is 0 Å². The Balaban J connectivity index is 1.96. The van der Waals surface area contributed by atoms with Crippen LogP contribution >= 0.6 is 11.8 Å². The highest BCUT2D eigenvalue weighted by Crippen LogP contribution is 2.23. The first-order valence-electron chi connectivity index (χ1n) is 4.55. The van der Waals surface area contributed by atoms with Crippen LogP contribution in [0, 0.1) is 5.75 Å². The van der Waals surface area contributed by atoms with Gasteiger partial charge < -0.3 is 0 Å². The molecule has 0 saturated heterocycles. The molecule has 0 saturated carbocycles. The highest BCUT2D eigenvalue weighted by Gasteiger charge is 1.87. The summed E-state index contributed by atoms with van der Waals surface area (Å²) in [6.07, 6.45) is 0. The van der Waals surface area contributed by atoms with Gasteiger partial charge in [0.15, 0.2) is 0 Å². The molecule has 0 spiro atoms. The summed E-state index contributed by atoms with van der Waals surface area (Å²) in [5.41, 5.74) is 1.25. The summed E-state index contributed by atoms with van der Waals surface area (Å²) in [6, 6.07) is 20.7. The first-order valence-corrected chi connectivity index (χ1v) is 5.43. The lowest BCUT2D eigenvalue weighted by molar-refractivity contribution is 1.46.